The number of imidazole rings is 1. The molecule has 1 aromatic heterocycles. The van der Waals surface area contributed by atoms with Gasteiger partial charge in [-0.2, -0.15) is 0 Å². The van der Waals surface area contributed by atoms with E-state index in [0.717, 1.165) is 24.9 Å². The zero-order valence-corrected chi connectivity index (χ0v) is 16.1. The van der Waals surface area contributed by atoms with E-state index < -0.39 is 12.2 Å². The second-order valence-corrected chi connectivity index (χ2v) is 7.34. The summed E-state index contributed by atoms with van der Waals surface area (Å²) in [6, 6.07) is 11.7. The van der Waals surface area contributed by atoms with Gasteiger partial charge in [0.1, 0.15) is 0 Å². The molecule has 1 aliphatic rings. The number of likely N-dealkylation sites (tertiary alicyclic amines) is 1. The molecule has 0 aliphatic carbocycles. The largest absolute Gasteiger partial charge is 0.368 e. The first-order valence-corrected chi connectivity index (χ1v) is 9.62. The number of hydrogen-bond acceptors (Lipinski definition) is 4. The van der Waals surface area contributed by atoms with Crippen LogP contribution in [0.25, 0.3) is 11.0 Å². The molecule has 9 heteroatoms. The Labute approximate surface area is 171 Å². The summed E-state index contributed by atoms with van der Waals surface area (Å²) in [6.45, 7) is 1.36. The molecule has 2 heterocycles. The SMILES string of the molecule is NC(=O)C1CCCN1Cc1cccc(NC(=O)c2ccc3nc(C(F)F)[nH]c3c2)c1. The topological polar surface area (TPSA) is 104 Å². The van der Waals surface area contributed by atoms with Crippen LogP contribution < -0.4 is 11.1 Å². The zero-order valence-electron chi connectivity index (χ0n) is 16.1. The third-order valence-corrected chi connectivity index (χ3v) is 5.23. The maximum atomic E-state index is 12.8. The molecule has 3 aromatic rings. The molecule has 4 N–H and O–H groups in total. The summed E-state index contributed by atoms with van der Waals surface area (Å²) in [4.78, 5) is 32.6. The summed E-state index contributed by atoms with van der Waals surface area (Å²) >= 11 is 0. The maximum Gasteiger partial charge on any atom is 0.295 e. The molecule has 30 heavy (non-hydrogen) atoms. The van der Waals surface area contributed by atoms with Crippen molar-refractivity contribution in [2.75, 3.05) is 11.9 Å². The lowest BCUT2D eigenvalue weighted by Crippen LogP contribution is -2.39. The van der Waals surface area contributed by atoms with Crippen molar-refractivity contribution in [1.82, 2.24) is 14.9 Å². The van der Waals surface area contributed by atoms with Crippen LogP contribution in [0.3, 0.4) is 0 Å². The second-order valence-electron chi connectivity index (χ2n) is 7.34. The number of hydrogen-bond donors (Lipinski definition) is 3. The number of amides is 2. The molecule has 1 unspecified atom stereocenters. The zero-order chi connectivity index (χ0) is 21.3. The van der Waals surface area contributed by atoms with Crippen molar-refractivity contribution in [3.63, 3.8) is 0 Å². The molecule has 7 nitrogen and oxygen atoms in total. The van der Waals surface area contributed by atoms with Gasteiger partial charge in [-0.1, -0.05) is 12.1 Å². The minimum Gasteiger partial charge on any atom is -0.368 e. The lowest BCUT2D eigenvalue weighted by atomic mass is 10.1. The monoisotopic (exact) mass is 413 g/mol. The van der Waals surface area contributed by atoms with Crippen molar-refractivity contribution in [3.8, 4) is 0 Å². The quantitative estimate of drug-likeness (QED) is 0.577. The van der Waals surface area contributed by atoms with Gasteiger partial charge in [-0.3, -0.25) is 14.5 Å². The summed E-state index contributed by atoms with van der Waals surface area (Å²) < 4.78 is 25.6. The minimum atomic E-state index is -2.71. The van der Waals surface area contributed by atoms with E-state index in [1.54, 1.807) is 12.1 Å². The molecule has 1 atom stereocenters. The van der Waals surface area contributed by atoms with Gasteiger partial charge in [0.15, 0.2) is 5.82 Å². The van der Waals surface area contributed by atoms with Crippen LogP contribution in [0.2, 0.25) is 0 Å². The van der Waals surface area contributed by atoms with Gasteiger partial charge in [0.2, 0.25) is 5.91 Å². The highest BCUT2D eigenvalue weighted by Crippen LogP contribution is 2.23. The number of aromatic nitrogens is 2. The number of benzene rings is 2. The fourth-order valence-corrected chi connectivity index (χ4v) is 3.80. The Morgan fingerprint density at radius 3 is 2.87 bits per heavy atom. The maximum absolute atomic E-state index is 12.8. The van der Waals surface area contributed by atoms with E-state index in [2.05, 4.69) is 15.3 Å². The molecular formula is C21H21F2N5O2. The molecular weight excluding hydrogens is 392 g/mol. The standard InChI is InChI=1S/C21H21F2N5O2/c22-18(23)20-26-15-7-6-13(10-16(15)27-20)21(30)25-14-4-1-3-12(9-14)11-28-8-2-5-17(28)19(24)29/h1,3-4,6-7,9-10,17-18H,2,5,8,11H2,(H2,24,29)(H,25,30)(H,26,27). The van der Waals surface area contributed by atoms with Gasteiger partial charge in [0.05, 0.1) is 17.1 Å². The predicted molar refractivity (Wildman–Crippen MR) is 108 cm³/mol. The number of carbonyl (C=O) groups excluding carboxylic acids is 2. The van der Waals surface area contributed by atoms with Crippen LogP contribution >= 0.6 is 0 Å². The van der Waals surface area contributed by atoms with Crippen LogP contribution in [0.15, 0.2) is 42.5 Å². The average molecular weight is 413 g/mol. The number of carbonyl (C=O) groups is 2. The lowest BCUT2D eigenvalue weighted by molar-refractivity contribution is -0.122. The highest BCUT2D eigenvalue weighted by molar-refractivity contribution is 6.06. The molecule has 1 aliphatic heterocycles. The Bertz CT molecular complexity index is 1100. The van der Waals surface area contributed by atoms with Gasteiger partial charge >= 0.3 is 0 Å². The summed E-state index contributed by atoms with van der Waals surface area (Å²) in [6.07, 6.45) is -1.02. The number of H-pyrrole nitrogens is 1. The van der Waals surface area contributed by atoms with Crippen LogP contribution in [0.1, 0.15) is 41.0 Å². The number of anilines is 1. The van der Waals surface area contributed by atoms with Crippen molar-refractivity contribution in [2.24, 2.45) is 5.73 Å². The molecule has 0 bridgehead atoms. The first-order chi connectivity index (χ1) is 14.4. The summed E-state index contributed by atoms with van der Waals surface area (Å²) in [5, 5.41) is 2.82. The average Bonchev–Trinajstić information content (AvgIpc) is 3.34. The first kappa shape index (κ1) is 20.0. The van der Waals surface area contributed by atoms with Crippen LogP contribution in [-0.4, -0.2) is 39.3 Å². The molecule has 4 rings (SSSR count). The van der Waals surface area contributed by atoms with Crippen molar-refractivity contribution in [1.29, 1.82) is 0 Å². The van der Waals surface area contributed by atoms with Crippen LogP contribution in [0.5, 0.6) is 0 Å². The van der Waals surface area contributed by atoms with E-state index in [0.29, 0.717) is 28.8 Å². The lowest BCUT2D eigenvalue weighted by Gasteiger charge is -2.22. The van der Waals surface area contributed by atoms with Gasteiger partial charge in [0.25, 0.3) is 12.3 Å². The van der Waals surface area contributed by atoms with Crippen molar-refractivity contribution in [2.45, 2.75) is 31.9 Å². The van der Waals surface area contributed by atoms with E-state index in [9.17, 15) is 18.4 Å². The van der Waals surface area contributed by atoms with Gasteiger partial charge in [0, 0.05) is 17.8 Å². The molecule has 2 amide bonds. The molecule has 2 aromatic carbocycles. The molecule has 0 radical (unpaired) electrons. The Morgan fingerprint density at radius 1 is 1.27 bits per heavy atom. The Kier molecular flexibility index (Phi) is 5.45. The van der Waals surface area contributed by atoms with Crippen molar-refractivity contribution >= 4 is 28.5 Å². The van der Waals surface area contributed by atoms with Gasteiger partial charge in [-0.25, -0.2) is 13.8 Å². The highest BCUT2D eigenvalue weighted by atomic mass is 19.3. The number of aromatic amines is 1. The normalized spacial score (nSPS) is 17.0. The fourth-order valence-electron chi connectivity index (χ4n) is 3.80. The number of nitrogens with one attached hydrogen (secondary N) is 2. The predicted octanol–water partition coefficient (Wildman–Crippen LogP) is 3.20. The molecule has 0 spiro atoms. The highest BCUT2D eigenvalue weighted by Gasteiger charge is 2.28. The first-order valence-electron chi connectivity index (χ1n) is 9.62. The summed E-state index contributed by atoms with van der Waals surface area (Å²) in [5.41, 5.74) is 8.10. The smallest absolute Gasteiger partial charge is 0.295 e. The minimum absolute atomic E-state index is 0.262. The number of nitrogens with zero attached hydrogens (tertiary/aromatic N) is 2. The number of primary amides is 1. The molecule has 0 saturated carbocycles. The van der Waals surface area contributed by atoms with Crippen molar-refractivity contribution < 1.29 is 18.4 Å². The number of rotatable bonds is 6. The number of alkyl halides is 2. The Balaban J connectivity index is 1.47. The number of halogens is 2. The molecule has 1 fully saturated rings. The Hall–Kier alpha value is -3.33. The van der Waals surface area contributed by atoms with E-state index in [1.807, 2.05) is 23.1 Å². The van der Waals surface area contributed by atoms with Crippen LogP contribution in [-0.2, 0) is 11.3 Å². The van der Waals surface area contributed by atoms with Gasteiger partial charge < -0.3 is 16.0 Å². The van der Waals surface area contributed by atoms with Gasteiger partial charge in [-0.15, -0.1) is 0 Å². The molecule has 156 valence electrons. The third kappa shape index (κ3) is 4.16. The van der Waals surface area contributed by atoms with Crippen LogP contribution in [0, 0.1) is 0 Å². The van der Waals surface area contributed by atoms with Crippen LogP contribution in [0.4, 0.5) is 14.5 Å². The summed E-state index contributed by atoms with van der Waals surface area (Å²) in [5.74, 6) is -1.11. The second kappa shape index (κ2) is 8.19. The van der Waals surface area contributed by atoms with E-state index in [1.165, 1.54) is 12.1 Å². The number of nitrogens with two attached hydrogens (primary N) is 1. The summed E-state index contributed by atoms with van der Waals surface area (Å²) in [7, 11) is 0. The van der Waals surface area contributed by atoms with Crippen molar-refractivity contribution in [3.05, 3.63) is 59.4 Å². The third-order valence-electron chi connectivity index (χ3n) is 5.23. The molecule has 1 saturated heterocycles. The fraction of sp³-hybridized carbons (Fsp3) is 0.286. The number of fused-ring (bicyclic) bond motifs is 1. The Morgan fingerprint density at radius 2 is 2.10 bits per heavy atom. The van der Waals surface area contributed by atoms with E-state index >= 15 is 0 Å². The van der Waals surface area contributed by atoms with E-state index in [4.69, 9.17) is 5.73 Å². The van der Waals surface area contributed by atoms with E-state index in [-0.39, 0.29) is 17.9 Å². The van der Waals surface area contributed by atoms with Gasteiger partial charge in [-0.05, 0) is 55.3 Å².